The maximum Gasteiger partial charge on any atom is 0.266 e. The van der Waals surface area contributed by atoms with Crippen molar-refractivity contribution in [3.8, 4) is 0 Å². The van der Waals surface area contributed by atoms with Gasteiger partial charge >= 0.3 is 0 Å². The van der Waals surface area contributed by atoms with Crippen LogP contribution < -0.4 is 16.6 Å². The van der Waals surface area contributed by atoms with Gasteiger partial charge in [-0.25, -0.2) is 4.98 Å². The van der Waals surface area contributed by atoms with Gasteiger partial charge in [0.1, 0.15) is 9.39 Å². The highest BCUT2D eigenvalue weighted by Crippen LogP contribution is 2.07. The molecule has 0 aromatic carbocycles. The average molecular weight is 306 g/mol. The molecule has 0 aliphatic carbocycles. The van der Waals surface area contributed by atoms with Gasteiger partial charge in [-0.3, -0.25) is 4.79 Å². The quantitative estimate of drug-likeness (QED) is 0.552. The monoisotopic (exact) mass is 306 g/mol. The molecule has 1 aromatic rings. The molecule has 0 bridgehead atoms. The summed E-state index contributed by atoms with van der Waals surface area (Å²) in [6.45, 7) is 1.13. The van der Waals surface area contributed by atoms with Crippen molar-refractivity contribution in [2.75, 3.05) is 18.4 Å². The van der Waals surface area contributed by atoms with Gasteiger partial charge < -0.3 is 16.0 Å². The van der Waals surface area contributed by atoms with E-state index in [9.17, 15) is 4.79 Å². The molecule has 76 valence electrons. The number of rotatable bonds is 4. The summed E-state index contributed by atoms with van der Waals surface area (Å²) in [5.41, 5.74) is 5.14. The molecule has 0 radical (unpaired) electrons. The summed E-state index contributed by atoms with van der Waals surface area (Å²) in [6, 6.07) is 0. The van der Waals surface area contributed by atoms with E-state index in [0.717, 1.165) is 0 Å². The van der Waals surface area contributed by atoms with Crippen LogP contribution in [0, 0.1) is 3.57 Å². The van der Waals surface area contributed by atoms with Crippen LogP contribution in [0.5, 0.6) is 0 Å². The van der Waals surface area contributed by atoms with Gasteiger partial charge in [-0.1, -0.05) is 12.2 Å². The highest BCUT2D eigenvalue weighted by molar-refractivity contribution is 14.1. The predicted molar refractivity (Wildman–Crippen MR) is 64.3 cm³/mol. The Morgan fingerprint density at radius 1 is 1.64 bits per heavy atom. The fourth-order valence-electron chi connectivity index (χ4n) is 0.841. The van der Waals surface area contributed by atoms with Gasteiger partial charge in [-0.2, -0.15) is 0 Å². The first-order valence-electron chi connectivity index (χ1n) is 4.08. The normalized spacial score (nSPS) is 10.7. The van der Waals surface area contributed by atoms with E-state index in [0.29, 0.717) is 22.5 Å². The zero-order valence-electron chi connectivity index (χ0n) is 7.46. The van der Waals surface area contributed by atoms with Crippen LogP contribution in [0.25, 0.3) is 0 Å². The number of aromatic nitrogens is 2. The van der Waals surface area contributed by atoms with Crippen LogP contribution in [0.4, 0.5) is 5.82 Å². The molecular weight excluding hydrogens is 295 g/mol. The Labute approximate surface area is 95.0 Å². The summed E-state index contributed by atoms with van der Waals surface area (Å²) in [7, 11) is 0. The highest BCUT2D eigenvalue weighted by atomic mass is 127. The third kappa shape index (κ3) is 3.11. The van der Waals surface area contributed by atoms with E-state index in [1.165, 1.54) is 6.33 Å². The first-order valence-corrected chi connectivity index (χ1v) is 5.15. The minimum atomic E-state index is -0.133. The predicted octanol–water partition coefficient (Wildman–Crippen LogP) is 0.301. The van der Waals surface area contributed by atoms with Crippen molar-refractivity contribution in [2.24, 2.45) is 5.73 Å². The third-order valence-corrected chi connectivity index (χ3v) is 2.49. The lowest BCUT2D eigenvalue weighted by atomic mass is 10.4. The van der Waals surface area contributed by atoms with Crippen molar-refractivity contribution in [1.82, 2.24) is 9.97 Å². The van der Waals surface area contributed by atoms with Crippen molar-refractivity contribution >= 4 is 28.4 Å². The third-order valence-electron chi connectivity index (χ3n) is 1.49. The summed E-state index contributed by atoms with van der Waals surface area (Å²) < 4.78 is 0.561. The van der Waals surface area contributed by atoms with Crippen LogP contribution in [0.1, 0.15) is 0 Å². The number of nitrogens with zero attached hydrogens (tertiary/aromatic N) is 1. The minimum absolute atomic E-state index is 0.133. The Kier molecular flexibility index (Phi) is 4.60. The second-order valence-corrected chi connectivity index (χ2v) is 3.56. The van der Waals surface area contributed by atoms with Gasteiger partial charge in [-0.15, -0.1) is 0 Å². The van der Waals surface area contributed by atoms with Crippen LogP contribution in [-0.4, -0.2) is 23.1 Å². The van der Waals surface area contributed by atoms with E-state index in [1.54, 1.807) is 0 Å². The molecule has 0 aliphatic heterocycles. The van der Waals surface area contributed by atoms with Gasteiger partial charge in [0.15, 0.2) is 0 Å². The second kappa shape index (κ2) is 5.76. The topological polar surface area (TPSA) is 83.8 Å². The van der Waals surface area contributed by atoms with Gasteiger partial charge in [0.05, 0.1) is 6.33 Å². The molecule has 0 amide bonds. The van der Waals surface area contributed by atoms with Crippen LogP contribution in [-0.2, 0) is 0 Å². The van der Waals surface area contributed by atoms with Gasteiger partial charge in [0.2, 0.25) is 0 Å². The number of halogens is 1. The largest absolute Gasteiger partial charge is 0.366 e. The molecule has 0 saturated heterocycles. The Hall–Kier alpha value is -0.890. The van der Waals surface area contributed by atoms with E-state index in [1.807, 2.05) is 34.7 Å². The van der Waals surface area contributed by atoms with Crippen molar-refractivity contribution in [2.45, 2.75) is 0 Å². The summed E-state index contributed by atoms with van der Waals surface area (Å²) in [6.07, 6.45) is 5.10. The van der Waals surface area contributed by atoms with E-state index >= 15 is 0 Å². The fourth-order valence-corrected chi connectivity index (χ4v) is 1.33. The lowest BCUT2D eigenvalue weighted by molar-refractivity contribution is 1.08. The Morgan fingerprint density at radius 3 is 3.14 bits per heavy atom. The van der Waals surface area contributed by atoms with Crippen LogP contribution in [0.15, 0.2) is 23.3 Å². The summed E-state index contributed by atoms with van der Waals surface area (Å²) in [5, 5.41) is 3.01. The SMILES string of the molecule is NC/C=C/CNc1nc[nH]c(=O)c1I. The lowest BCUT2D eigenvalue weighted by Gasteiger charge is -2.02. The Balaban J connectivity index is 2.63. The smallest absolute Gasteiger partial charge is 0.266 e. The fraction of sp³-hybridized carbons (Fsp3) is 0.250. The number of hydrogen-bond donors (Lipinski definition) is 3. The van der Waals surface area contributed by atoms with Crippen LogP contribution in [0.3, 0.4) is 0 Å². The summed E-state index contributed by atoms with van der Waals surface area (Å²) in [4.78, 5) is 17.6. The second-order valence-electron chi connectivity index (χ2n) is 2.48. The Morgan fingerprint density at radius 2 is 2.43 bits per heavy atom. The summed E-state index contributed by atoms with van der Waals surface area (Å²) in [5.74, 6) is 0.594. The van der Waals surface area contributed by atoms with Gasteiger partial charge in [-0.05, 0) is 22.6 Å². The maximum atomic E-state index is 11.1. The molecular formula is C8H11IN4O. The number of nitrogens with two attached hydrogens (primary N) is 1. The van der Waals surface area contributed by atoms with Crippen molar-refractivity contribution < 1.29 is 0 Å². The molecule has 6 heteroatoms. The molecule has 0 aliphatic rings. The number of anilines is 1. The van der Waals surface area contributed by atoms with Crippen LogP contribution >= 0.6 is 22.6 Å². The van der Waals surface area contributed by atoms with Crippen molar-refractivity contribution in [3.63, 3.8) is 0 Å². The Bertz CT molecular complexity index is 374. The molecule has 1 heterocycles. The molecule has 4 N–H and O–H groups in total. The first-order chi connectivity index (χ1) is 6.75. The molecule has 1 aromatic heterocycles. The molecule has 1 rings (SSSR count). The van der Waals surface area contributed by atoms with E-state index in [-0.39, 0.29) is 5.56 Å². The summed E-state index contributed by atoms with van der Waals surface area (Å²) >= 11 is 1.95. The van der Waals surface area contributed by atoms with Gasteiger partial charge in [0, 0.05) is 13.1 Å². The van der Waals surface area contributed by atoms with Crippen molar-refractivity contribution in [3.05, 3.63) is 32.4 Å². The lowest BCUT2D eigenvalue weighted by Crippen LogP contribution is -2.14. The minimum Gasteiger partial charge on any atom is -0.366 e. The highest BCUT2D eigenvalue weighted by Gasteiger charge is 2.02. The maximum absolute atomic E-state index is 11.1. The number of aromatic amines is 1. The number of nitrogens with one attached hydrogen (secondary N) is 2. The molecule has 0 saturated carbocycles. The number of hydrogen-bond acceptors (Lipinski definition) is 4. The van der Waals surface area contributed by atoms with Gasteiger partial charge in [0.25, 0.3) is 5.56 Å². The van der Waals surface area contributed by atoms with E-state index in [4.69, 9.17) is 5.73 Å². The van der Waals surface area contributed by atoms with Crippen molar-refractivity contribution in [1.29, 1.82) is 0 Å². The molecule has 5 nitrogen and oxygen atoms in total. The number of H-pyrrole nitrogens is 1. The zero-order chi connectivity index (χ0) is 10.4. The standard InChI is InChI=1S/C8H11IN4O/c9-6-7(11-4-2-1-3-10)12-5-13-8(6)14/h1-2,5H,3-4,10H2,(H2,11,12,13,14)/b2-1+. The van der Waals surface area contributed by atoms with Crippen LogP contribution in [0.2, 0.25) is 0 Å². The average Bonchev–Trinajstić information content (AvgIpc) is 2.19. The molecule has 0 spiro atoms. The molecule has 0 fully saturated rings. The molecule has 0 atom stereocenters. The van der Waals surface area contributed by atoms with E-state index in [2.05, 4.69) is 15.3 Å². The zero-order valence-corrected chi connectivity index (χ0v) is 9.61. The van der Waals surface area contributed by atoms with E-state index < -0.39 is 0 Å². The first kappa shape index (κ1) is 11.2. The molecule has 0 unspecified atom stereocenters. The molecule has 14 heavy (non-hydrogen) atoms.